The Balaban J connectivity index is 3.03. The molecule has 0 aliphatic carbocycles. The highest BCUT2D eigenvalue weighted by atomic mass is 28.4. The lowest BCUT2D eigenvalue weighted by atomic mass is 10.1. The summed E-state index contributed by atoms with van der Waals surface area (Å²) in [5.74, 6) is -0.336. The van der Waals surface area contributed by atoms with E-state index in [0.29, 0.717) is 6.29 Å². The molecule has 0 spiro atoms. The van der Waals surface area contributed by atoms with E-state index in [1.807, 2.05) is 33.9 Å². The number of carbonyl (C=O) groups is 1. The minimum absolute atomic E-state index is 0.0242. The van der Waals surface area contributed by atoms with Crippen LogP contribution in [-0.4, -0.2) is 21.0 Å². The van der Waals surface area contributed by atoms with Crippen LogP contribution >= 0.6 is 0 Å². The van der Waals surface area contributed by atoms with Gasteiger partial charge in [0.25, 0.3) is 0 Å². The molecule has 0 aromatic heterocycles. The number of benzene rings is 1. The number of rotatable bonds is 5. The van der Waals surface area contributed by atoms with Gasteiger partial charge in [0.2, 0.25) is 0 Å². The molecule has 0 aliphatic heterocycles. The third-order valence-corrected chi connectivity index (χ3v) is 8.32. The number of alkyl halides is 3. The minimum atomic E-state index is -4.78. The molecule has 3 nitrogen and oxygen atoms in total. The predicted molar refractivity (Wildman–Crippen MR) is 80.5 cm³/mol. The summed E-state index contributed by atoms with van der Waals surface area (Å²) < 4.78 is 47.2. The highest BCUT2D eigenvalue weighted by molar-refractivity contribution is 6.74. The number of carbonyl (C=O) groups excluding carboxylic acids is 1. The molecule has 0 saturated carbocycles. The second kappa shape index (κ2) is 6.42. The summed E-state index contributed by atoms with van der Waals surface area (Å²) in [6.45, 7) is 10.1. The number of ether oxygens (including phenoxy) is 1. The van der Waals surface area contributed by atoms with E-state index in [1.54, 1.807) is 0 Å². The van der Waals surface area contributed by atoms with E-state index in [1.165, 1.54) is 12.1 Å². The fourth-order valence-corrected chi connectivity index (χ4v) is 2.43. The summed E-state index contributed by atoms with van der Waals surface area (Å²) in [5, 5.41) is -0.0691. The molecule has 0 amide bonds. The molecular formula is C15H21F3O3Si. The normalized spacial score (nSPS) is 13.1. The third kappa shape index (κ3) is 5.13. The van der Waals surface area contributed by atoms with Crippen molar-refractivity contribution in [3.63, 3.8) is 0 Å². The largest absolute Gasteiger partial charge is 0.573 e. The zero-order chi connectivity index (χ0) is 17.2. The van der Waals surface area contributed by atoms with E-state index >= 15 is 0 Å². The molecule has 22 heavy (non-hydrogen) atoms. The van der Waals surface area contributed by atoms with Gasteiger partial charge in [-0.05, 0) is 36.3 Å². The van der Waals surface area contributed by atoms with E-state index in [4.69, 9.17) is 4.43 Å². The summed E-state index contributed by atoms with van der Waals surface area (Å²) >= 11 is 0. The first-order valence-corrected chi connectivity index (χ1v) is 9.74. The van der Waals surface area contributed by atoms with Crippen molar-refractivity contribution < 1.29 is 27.1 Å². The maximum atomic E-state index is 12.4. The van der Waals surface area contributed by atoms with Crippen LogP contribution < -0.4 is 4.74 Å². The summed E-state index contributed by atoms with van der Waals surface area (Å²) in [4.78, 5) is 10.8. The number of hydrogen-bond donors (Lipinski definition) is 0. The molecule has 0 heterocycles. The SMILES string of the molecule is CC(C)(C)[Si](C)(C)OCc1cc(C=O)ccc1OC(F)(F)F. The Morgan fingerprint density at radius 3 is 2.23 bits per heavy atom. The molecule has 0 unspecified atom stereocenters. The van der Waals surface area contributed by atoms with Gasteiger partial charge in [0, 0.05) is 11.1 Å². The maximum Gasteiger partial charge on any atom is 0.573 e. The fraction of sp³-hybridized carbons (Fsp3) is 0.533. The monoisotopic (exact) mass is 334 g/mol. The summed E-state index contributed by atoms with van der Waals surface area (Å²) in [6, 6.07) is 3.78. The predicted octanol–water partition coefficient (Wildman–Crippen LogP) is 4.92. The van der Waals surface area contributed by atoms with Crippen molar-refractivity contribution in [2.75, 3.05) is 0 Å². The Morgan fingerprint density at radius 1 is 1.18 bits per heavy atom. The van der Waals surface area contributed by atoms with Crippen LogP contribution in [0.5, 0.6) is 5.75 Å². The van der Waals surface area contributed by atoms with Crippen molar-refractivity contribution in [3.8, 4) is 5.75 Å². The third-order valence-electron chi connectivity index (χ3n) is 3.84. The van der Waals surface area contributed by atoms with E-state index in [2.05, 4.69) is 4.74 Å². The van der Waals surface area contributed by atoms with Gasteiger partial charge in [0.05, 0.1) is 6.61 Å². The Labute approximate surface area is 129 Å². The minimum Gasteiger partial charge on any atom is -0.412 e. The lowest BCUT2D eigenvalue weighted by Gasteiger charge is -2.36. The summed E-state index contributed by atoms with van der Waals surface area (Å²) in [7, 11) is -2.12. The first-order valence-electron chi connectivity index (χ1n) is 6.83. The van der Waals surface area contributed by atoms with Crippen molar-refractivity contribution >= 4 is 14.6 Å². The van der Waals surface area contributed by atoms with E-state index in [0.717, 1.165) is 6.07 Å². The highest BCUT2D eigenvalue weighted by Gasteiger charge is 2.37. The molecule has 7 heteroatoms. The molecule has 1 rings (SSSR count). The Kier molecular flexibility index (Phi) is 5.45. The van der Waals surface area contributed by atoms with Gasteiger partial charge in [-0.15, -0.1) is 13.2 Å². The first kappa shape index (κ1) is 18.7. The molecule has 0 bridgehead atoms. The second-order valence-corrected chi connectivity index (χ2v) is 11.4. The van der Waals surface area contributed by atoms with Gasteiger partial charge in [-0.25, -0.2) is 0 Å². The summed E-state index contributed by atoms with van der Waals surface area (Å²) in [6.07, 6.45) is -4.21. The zero-order valence-electron chi connectivity index (χ0n) is 13.4. The standard InChI is InChI=1S/C15H21F3O3Si/c1-14(2,3)22(4,5)20-10-12-8-11(9-19)6-7-13(12)21-15(16,17)18/h6-9H,10H2,1-5H3. The number of halogens is 3. The second-order valence-electron chi connectivity index (χ2n) is 6.58. The van der Waals surface area contributed by atoms with Crippen molar-refractivity contribution in [1.82, 2.24) is 0 Å². The van der Waals surface area contributed by atoms with Crippen LogP contribution in [0, 0.1) is 0 Å². The first-order chi connectivity index (χ1) is 9.86. The van der Waals surface area contributed by atoms with Crippen molar-refractivity contribution in [2.24, 2.45) is 0 Å². The molecule has 0 aliphatic rings. The van der Waals surface area contributed by atoms with Gasteiger partial charge in [-0.3, -0.25) is 4.79 Å². The van der Waals surface area contributed by atoms with Crippen LogP contribution in [0.15, 0.2) is 18.2 Å². The zero-order valence-corrected chi connectivity index (χ0v) is 14.4. The molecule has 0 atom stereocenters. The molecule has 1 aromatic carbocycles. The Bertz CT molecular complexity index is 534. The maximum absolute atomic E-state index is 12.4. The molecule has 1 aromatic rings. The topological polar surface area (TPSA) is 35.5 Å². The van der Waals surface area contributed by atoms with Crippen LogP contribution in [0.1, 0.15) is 36.7 Å². The van der Waals surface area contributed by atoms with Gasteiger partial charge in [-0.2, -0.15) is 0 Å². The average molecular weight is 334 g/mol. The summed E-state index contributed by atoms with van der Waals surface area (Å²) in [5.41, 5.74) is 0.495. The van der Waals surface area contributed by atoms with Crippen LogP contribution in [0.3, 0.4) is 0 Å². The van der Waals surface area contributed by atoms with Gasteiger partial charge in [0.15, 0.2) is 8.32 Å². The van der Waals surface area contributed by atoms with E-state index in [-0.39, 0.29) is 28.5 Å². The lowest BCUT2D eigenvalue weighted by molar-refractivity contribution is -0.275. The Hall–Kier alpha value is -1.34. The van der Waals surface area contributed by atoms with Crippen LogP contribution in [0.25, 0.3) is 0 Å². The van der Waals surface area contributed by atoms with E-state index < -0.39 is 14.7 Å². The van der Waals surface area contributed by atoms with Gasteiger partial charge >= 0.3 is 6.36 Å². The molecule has 0 radical (unpaired) electrons. The van der Waals surface area contributed by atoms with E-state index in [9.17, 15) is 18.0 Å². The molecule has 0 N–H and O–H groups in total. The fourth-order valence-electron chi connectivity index (χ4n) is 1.48. The van der Waals surface area contributed by atoms with Gasteiger partial charge in [-0.1, -0.05) is 20.8 Å². The molecular weight excluding hydrogens is 313 g/mol. The number of aldehydes is 1. The van der Waals surface area contributed by atoms with Crippen molar-refractivity contribution in [3.05, 3.63) is 29.3 Å². The quantitative estimate of drug-likeness (QED) is 0.566. The lowest BCUT2D eigenvalue weighted by Crippen LogP contribution is -2.40. The van der Waals surface area contributed by atoms with Crippen LogP contribution in [0.2, 0.25) is 18.1 Å². The molecule has 124 valence electrons. The number of hydrogen-bond acceptors (Lipinski definition) is 3. The molecule has 0 fully saturated rings. The highest BCUT2D eigenvalue weighted by Crippen LogP contribution is 2.38. The van der Waals surface area contributed by atoms with Gasteiger partial charge in [0.1, 0.15) is 12.0 Å². The van der Waals surface area contributed by atoms with Crippen molar-refractivity contribution in [1.29, 1.82) is 0 Å². The van der Waals surface area contributed by atoms with Gasteiger partial charge < -0.3 is 9.16 Å². The van der Waals surface area contributed by atoms with Crippen LogP contribution in [0.4, 0.5) is 13.2 Å². The smallest absolute Gasteiger partial charge is 0.412 e. The molecule has 0 saturated heterocycles. The Morgan fingerprint density at radius 2 is 1.77 bits per heavy atom. The van der Waals surface area contributed by atoms with Crippen molar-refractivity contribution in [2.45, 2.75) is 51.9 Å². The van der Waals surface area contributed by atoms with Crippen LogP contribution in [-0.2, 0) is 11.0 Å². The average Bonchev–Trinajstić information content (AvgIpc) is 2.34.